The molecule has 2 aromatic heterocycles. The monoisotopic (exact) mass is 429 g/mol. The van der Waals surface area contributed by atoms with Crippen LogP contribution in [-0.4, -0.2) is 27.5 Å². The fraction of sp³-hybridized carbons (Fsp3) is 0.350. The lowest BCUT2D eigenvalue weighted by Gasteiger charge is -2.14. The summed E-state index contributed by atoms with van der Waals surface area (Å²) in [6.07, 6.45) is 3.08. The van der Waals surface area contributed by atoms with Gasteiger partial charge in [-0.2, -0.15) is 0 Å². The zero-order valence-electron chi connectivity index (χ0n) is 16.0. The van der Waals surface area contributed by atoms with E-state index in [1.807, 2.05) is 0 Å². The molecule has 0 spiro atoms. The number of ether oxygens (including phenoxy) is 2. The molecule has 29 heavy (non-hydrogen) atoms. The lowest BCUT2D eigenvalue weighted by Crippen LogP contribution is -2.25. The van der Waals surface area contributed by atoms with Crippen molar-refractivity contribution in [2.45, 2.75) is 36.6 Å². The van der Waals surface area contributed by atoms with Gasteiger partial charge < -0.3 is 14.8 Å². The Balaban J connectivity index is 1.37. The van der Waals surface area contributed by atoms with E-state index >= 15 is 0 Å². The Morgan fingerprint density at radius 1 is 1.31 bits per heavy atom. The highest BCUT2D eigenvalue weighted by Gasteiger charge is 2.24. The van der Waals surface area contributed by atoms with Crippen LogP contribution in [0.3, 0.4) is 0 Å². The number of hydrogen-bond donors (Lipinski definition) is 1. The zero-order chi connectivity index (χ0) is 20.1. The molecule has 7 nitrogen and oxygen atoms in total. The second kappa shape index (κ2) is 7.07. The highest BCUT2D eigenvalue weighted by atomic mass is 32.2. The van der Waals surface area contributed by atoms with E-state index in [4.69, 9.17) is 14.5 Å². The van der Waals surface area contributed by atoms with Crippen molar-refractivity contribution >= 4 is 44.9 Å². The summed E-state index contributed by atoms with van der Waals surface area (Å²) in [4.78, 5) is 32.3. The number of nitrogens with zero attached hydrogens (tertiary/aromatic N) is 2. The molecule has 3 aromatic rings. The standard InChI is InChI=1S/C20H19N3O4S2/c1-10(17(24)21-11-6-7-13-14(8-11)27-9-26-13)28-20-22-18-16(19(25)23(20)2)12-4-3-5-15(12)29-18/h6-8,10H,3-5,9H2,1-2H3,(H,21,24). The summed E-state index contributed by atoms with van der Waals surface area (Å²) >= 11 is 2.89. The molecule has 1 aliphatic heterocycles. The van der Waals surface area contributed by atoms with Crippen LogP contribution < -0.4 is 20.3 Å². The number of thioether (sulfide) groups is 1. The van der Waals surface area contributed by atoms with Crippen LogP contribution in [0.25, 0.3) is 10.2 Å². The topological polar surface area (TPSA) is 82.5 Å². The van der Waals surface area contributed by atoms with Gasteiger partial charge in [-0.1, -0.05) is 11.8 Å². The number of benzene rings is 1. The maximum absolute atomic E-state index is 12.9. The minimum Gasteiger partial charge on any atom is -0.454 e. The molecule has 0 bridgehead atoms. The Bertz CT molecular complexity index is 1200. The van der Waals surface area contributed by atoms with Crippen molar-refractivity contribution in [1.82, 2.24) is 9.55 Å². The average molecular weight is 430 g/mol. The number of fused-ring (bicyclic) bond motifs is 4. The molecule has 5 rings (SSSR count). The Hall–Kier alpha value is -2.52. The van der Waals surface area contributed by atoms with Crippen LogP contribution in [0.5, 0.6) is 11.5 Å². The molecule has 1 aromatic carbocycles. The molecule has 1 aliphatic carbocycles. The molecule has 0 saturated heterocycles. The molecule has 0 saturated carbocycles. The summed E-state index contributed by atoms with van der Waals surface area (Å²) < 4.78 is 12.2. The van der Waals surface area contributed by atoms with Crippen molar-refractivity contribution in [1.29, 1.82) is 0 Å². The van der Waals surface area contributed by atoms with Gasteiger partial charge in [-0.05, 0) is 43.9 Å². The third-order valence-corrected chi connectivity index (χ3v) is 7.53. The second-order valence-corrected chi connectivity index (χ2v) is 9.50. The van der Waals surface area contributed by atoms with Gasteiger partial charge >= 0.3 is 0 Å². The number of nitrogens with one attached hydrogen (secondary N) is 1. The van der Waals surface area contributed by atoms with E-state index < -0.39 is 5.25 Å². The first kappa shape index (κ1) is 18.5. The first-order valence-corrected chi connectivity index (χ1v) is 11.1. The van der Waals surface area contributed by atoms with Crippen LogP contribution >= 0.6 is 23.1 Å². The van der Waals surface area contributed by atoms with E-state index in [0.717, 1.165) is 29.5 Å². The number of aryl methyl sites for hydroxylation is 2. The number of carbonyl (C=O) groups excluding carboxylic acids is 1. The number of carbonyl (C=O) groups is 1. The molecule has 0 radical (unpaired) electrons. The van der Waals surface area contributed by atoms with Crippen molar-refractivity contribution in [3.8, 4) is 11.5 Å². The van der Waals surface area contributed by atoms with Gasteiger partial charge in [0.05, 0.1) is 10.6 Å². The molecular formula is C20H19N3O4S2. The smallest absolute Gasteiger partial charge is 0.262 e. The number of rotatable bonds is 4. The van der Waals surface area contributed by atoms with E-state index in [9.17, 15) is 9.59 Å². The predicted octanol–water partition coefficient (Wildman–Crippen LogP) is 3.33. The fourth-order valence-corrected chi connectivity index (χ4v) is 5.82. The SMILES string of the molecule is CC(Sc1nc2sc3c(c2c(=O)n1C)CCC3)C(=O)Nc1ccc2c(c1)OCO2. The first-order valence-electron chi connectivity index (χ1n) is 9.39. The fourth-order valence-electron chi connectivity index (χ4n) is 3.64. The minimum absolute atomic E-state index is 0.0275. The van der Waals surface area contributed by atoms with Crippen LogP contribution in [0.4, 0.5) is 5.69 Å². The summed E-state index contributed by atoms with van der Waals surface area (Å²) in [5.74, 6) is 1.11. The zero-order valence-corrected chi connectivity index (χ0v) is 17.6. The van der Waals surface area contributed by atoms with Crippen molar-refractivity contribution in [2.75, 3.05) is 12.1 Å². The van der Waals surface area contributed by atoms with E-state index in [1.165, 1.54) is 22.2 Å². The van der Waals surface area contributed by atoms with Gasteiger partial charge in [-0.3, -0.25) is 14.2 Å². The van der Waals surface area contributed by atoms with Crippen LogP contribution in [0.2, 0.25) is 0 Å². The van der Waals surface area contributed by atoms with Crippen LogP contribution in [0, 0.1) is 0 Å². The van der Waals surface area contributed by atoms with Gasteiger partial charge in [0, 0.05) is 23.7 Å². The third kappa shape index (κ3) is 3.18. The number of thiophene rings is 1. The maximum Gasteiger partial charge on any atom is 0.262 e. The van der Waals surface area contributed by atoms with E-state index in [1.54, 1.807) is 48.1 Å². The lowest BCUT2D eigenvalue weighted by atomic mass is 10.2. The Morgan fingerprint density at radius 2 is 2.14 bits per heavy atom. The normalized spacial score (nSPS) is 15.5. The van der Waals surface area contributed by atoms with E-state index in [0.29, 0.717) is 22.3 Å². The van der Waals surface area contributed by atoms with Gasteiger partial charge in [-0.25, -0.2) is 4.98 Å². The van der Waals surface area contributed by atoms with E-state index in [2.05, 4.69) is 5.32 Å². The number of hydrogen-bond acceptors (Lipinski definition) is 7. The summed E-state index contributed by atoms with van der Waals surface area (Å²) in [6, 6.07) is 5.28. The predicted molar refractivity (Wildman–Crippen MR) is 113 cm³/mol. The quantitative estimate of drug-likeness (QED) is 0.506. The summed E-state index contributed by atoms with van der Waals surface area (Å²) in [5, 5.41) is 3.77. The molecule has 1 N–H and O–H groups in total. The van der Waals surface area contributed by atoms with Crippen molar-refractivity contribution < 1.29 is 14.3 Å². The van der Waals surface area contributed by atoms with Crippen molar-refractivity contribution in [2.24, 2.45) is 7.05 Å². The molecule has 0 fully saturated rings. The molecule has 1 amide bonds. The second-order valence-electron chi connectivity index (χ2n) is 7.11. The lowest BCUT2D eigenvalue weighted by molar-refractivity contribution is -0.115. The Kier molecular flexibility index (Phi) is 4.51. The molecular weight excluding hydrogens is 410 g/mol. The van der Waals surface area contributed by atoms with Gasteiger partial charge in [0.1, 0.15) is 4.83 Å². The van der Waals surface area contributed by atoms with Crippen molar-refractivity contribution in [3.63, 3.8) is 0 Å². The van der Waals surface area contributed by atoms with Gasteiger partial charge in [0.15, 0.2) is 16.7 Å². The highest BCUT2D eigenvalue weighted by Crippen LogP contribution is 2.36. The van der Waals surface area contributed by atoms with Crippen LogP contribution in [-0.2, 0) is 24.7 Å². The van der Waals surface area contributed by atoms with Gasteiger partial charge in [0.25, 0.3) is 5.56 Å². The van der Waals surface area contributed by atoms with Gasteiger partial charge in [0.2, 0.25) is 12.7 Å². The molecule has 3 heterocycles. The van der Waals surface area contributed by atoms with E-state index in [-0.39, 0.29) is 18.3 Å². The summed E-state index contributed by atoms with van der Waals surface area (Å²) in [5.41, 5.74) is 1.78. The van der Waals surface area contributed by atoms with Crippen LogP contribution in [0.1, 0.15) is 23.8 Å². The van der Waals surface area contributed by atoms with Gasteiger partial charge in [-0.15, -0.1) is 11.3 Å². The molecule has 2 aliphatic rings. The maximum atomic E-state index is 12.9. The Morgan fingerprint density at radius 3 is 3.00 bits per heavy atom. The average Bonchev–Trinajstić information content (AvgIpc) is 3.40. The number of anilines is 1. The molecule has 1 atom stereocenters. The largest absolute Gasteiger partial charge is 0.454 e. The highest BCUT2D eigenvalue weighted by molar-refractivity contribution is 8.00. The third-order valence-electron chi connectivity index (χ3n) is 5.20. The molecule has 150 valence electrons. The summed E-state index contributed by atoms with van der Waals surface area (Å²) in [7, 11) is 1.72. The Labute approximate surface area is 175 Å². The molecule has 1 unspecified atom stereocenters. The molecule has 9 heteroatoms. The van der Waals surface area contributed by atoms with Crippen LogP contribution in [0.15, 0.2) is 28.2 Å². The first-order chi connectivity index (χ1) is 14.0. The summed E-state index contributed by atoms with van der Waals surface area (Å²) in [6.45, 7) is 1.99. The number of aromatic nitrogens is 2. The number of amides is 1. The minimum atomic E-state index is -0.428. The van der Waals surface area contributed by atoms with Crippen molar-refractivity contribution in [3.05, 3.63) is 39.0 Å².